The number of amides is 1. The minimum Gasteiger partial charge on any atom is -0.392 e. The van der Waals surface area contributed by atoms with E-state index in [9.17, 15) is 9.90 Å². The molecule has 1 aromatic heterocycles. The molecule has 0 spiro atoms. The summed E-state index contributed by atoms with van der Waals surface area (Å²) in [7, 11) is 0. The molecule has 3 N–H and O–H groups in total. The fraction of sp³-hybridized carbons (Fsp3) is 0.176. The number of thiazole rings is 1. The van der Waals surface area contributed by atoms with Gasteiger partial charge in [-0.1, -0.05) is 36.4 Å². The average Bonchev–Trinajstić information content (AvgIpc) is 3.01. The summed E-state index contributed by atoms with van der Waals surface area (Å²) in [5, 5.41) is 19.7. The Morgan fingerprint density at radius 2 is 2.04 bits per heavy atom. The van der Waals surface area contributed by atoms with E-state index in [0.29, 0.717) is 10.8 Å². The molecule has 3 rings (SSSR count). The monoisotopic (exact) mass is 327 g/mol. The van der Waals surface area contributed by atoms with Crippen LogP contribution in [0.5, 0.6) is 0 Å². The Labute approximate surface area is 138 Å². The molecule has 6 heteroatoms. The lowest BCUT2D eigenvalue weighted by Gasteiger charge is -2.07. The second-order valence-corrected chi connectivity index (χ2v) is 6.11. The summed E-state index contributed by atoms with van der Waals surface area (Å²) >= 11 is 1.37. The van der Waals surface area contributed by atoms with Crippen molar-refractivity contribution in [1.29, 1.82) is 0 Å². The maximum Gasteiger partial charge on any atom is 0.270 e. The highest BCUT2D eigenvalue weighted by Crippen LogP contribution is 2.27. The second-order valence-electron chi connectivity index (χ2n) is 5.25. The van der Waals surface area contributed by atoms with Gasteiger partial charge in [0.25, 0.3) is 5.91 Å². The highest BCUT2D eigenvalue weighted by molar-refractivity contribution is 7.14. The molecule has 1 unspecified atom stereocenters. The lowest BCUT2D eigenvalue weighted by Crippen LogP contribution is -2.30. The molecule has 23 heavy (non-hydrogen) atoms. The van der Waals surface area contributed by atoms with Crippen molar-refractivity contribution in [3.8, 4) is 0 Å². The standard InChI is InChI=1S/C17H17N3O2S/c1-11(21)9-18-16(22)15-10-23-17(20-15)19-14-8-4-6-12-5-2-3-7-13(12)14/h2-8,10-11,21H,9H2,1H3,(H,18,22)(H,19,20). The molecule has 0 aliphatic heterocycles. The summed E-state index contributed by atoms with van der Waals surface area (Å²) in [4.78, 5) is 16.2. The number of nitrogens with zero attached hydrogens (tertiary/aromatic N) is 1. The summed E-state index contributed by atoms with van der Waals surface area (Å²) in [5.74, 6) is -0.284. The number of benzene rings is 2. The molecule has 118 valence electrons. The predicted octanol–water partition coefficient (Wildman–Crippen LogP) is 3.15. The number of nitrogens with one attached hydrogen (secondary N) is 2. The molecule has 5 nitrogen and oxygen atoms in total. The predicted molar refractivity (Wildman–Crippen MR) is 93.4 cm³/mol. The van der Waals surface area contributed by atoms with Crippen molar-refractivity contribution in [3.05, 3.63) is 53.5 Å². The van der Waals surface area contributed by atoms with Crippen LogP contribution in [0.1, 0.15) is 17.4 Å². The Kier molecular flexibility index (Phi) is 4.55. The van der Waals surface area contributed by atoms with Crippen LogP contribution in [-0.4, -0.2) is 28.6 Å². The molecule has 0 aliphatic carbocycles. The Hall–Kier alpha value is -2.44. The number of aromatic nitrogens is 1. The van der Waals surface area contributed by atoms with Crippen molar-refractivity contribution in [2.75, 3.05) is 11.9 Å². The molecule has 0 saturated carbocycles. The van der Waals surface area contributed by atoms with Crippen LogP contribution < -0.4 is 10.6 Å². The summed E-state index contributed by atoms with van der Waals surface area (Å²) in [6, 6.07) is 14.1. The van der Waals surface area contributed by atoms with Gasteiger partial charge in [-0.05, 0) is 18.4 Å². The van der Waals surface area contributed by atoms with Crippen LogP contribution in [0.2, 0.25) is 0 Å². The number of fused-ring (bicyclic) bond motifs is 1. The Balaban J connectivity index is 1.77. The largest absolute Gasteiger partial charge is 0.392 e. The SMILES string of the molecule is CC(O)CNC(=O)c1csc(Nc2cccc3ccccc23)n1. The normalized spacial score (nSPS) is 12.1. The van der Waals surface area contributed by atoms with Crippen molar-refractivity contribution in [2.24, 2.45) is 0 Å². The third kappa shape index (κ3) is 3.67. The molecule has 0 bridgehead atoms. The molecule has 0 fully saturated rings. The fourth-order valence-electron chi connectivity index (χ4n) is 2.22. The van der Waals surface area contributed by atoms with Gasteiger partial charge in [0.2, 0.25) is 0 Å². The van der Waals surface area contributed by atoms with Crippen molar-refractivity contribution in [1.82, 2.24) is 10.3 Å². The second kappa shape index (κ2) is 6.76. The highest BCUT2D eigenvalue weighted by Gasteiger charge is 2.11. The Morgan fingerprint density at radius 3 is 2.87 bits per heavy atom. The van der Waals surface area contributed by atoms with Gasteiger partial charge in [0.1, 0.15) is 5.69 Å². The molecule has 1 atom stereocenters. The molecule has 1 amide bonds. The maximum absolute atomic E-state index is 11.9. The van der Waals surface area contributed by atoms with Crippen LogP contribution in [0.4, 0.5) is 10.8 Å². The Morgan fingerprint density at radius 1 is 1.26 bits per heavy atom. The van der Waals surface area contributed by atoms with Gasteiger partial charge in [0.15, 0.2) is 5.13 Å². The van der Waals surface area contributed by atoms with Gasteiger partial charge >= 0.3 is 0 Å². The number of carbonyl (C=O) groups excluding carboxylic acids is 1. The van der Waals surface area contributed by atoms with Gasteiger partial charge in [0, 0.05) is 23.0 Å². The topological polar surface area (TPSA) is 74.2 Å². The molecular formula is C17H17N3O2S. The highest BCUT2D eigenvalue weighted by atomic mass is 32.1. The number of anilines is 2. The number of hydrogen-bond acceptors (Lipinski definition) is 5. The van der Waals surface area contributed by atoms with Gasteiger partial charge in [-0.15, -0.1) is 11.3 Å². The number of hydrogen-bond donors (Lipinski definition) is 3. The van der Waals surface area contributed by atoms with E-state index in [2.05, 4.69) is 27.8 Å². The first-order valence-electron chi connectivity index (χ1n) is 7.30. The van der Waals surface area contributed by atoms with E-state index in [1.54, 1.807) is 12.3 Å². The zero-order valence-corrected chi connectivity index (χ0v) is 13.4. The smallest absolute Gasteiger partial charge is 0.270 e. The number of aliphatic hydroxyl groups excluding tert-OH is 1. The van der Waals surface area contributed by atoms with Crippen LogP contribution in [-0.2, 0) is 0 Å². The van der Waals surface area contributed by atoms with Crippen LogP contribution >= 0.6 is 11.3 Å². The van der Waals surface area contributed by atoms with E-state index < -0.39 is 6.10 Å². The van der Waals surface area contributed by atoms with Gasteiger partial charge in [0.05, 0.1) is 6.10 Å². The van der Waals surface area contributed by atoms with Crippen molar-refractivity contribution in [2.45, 2.75) is 13.0 Å². The van der Waals surface area contributed by atoms with E-state index in [-0.39, 0.29) is 12.5 Å². The summed E-state index contributed by atoms with van der Waals surface area (Å²) in [5.41, 5.74) is 1.30. The summed E-state index contributed by atoms with van der Waals surface area (Å²) in [6.45, 7) is 1.83. The maximum atomic E-state index is 11.9. The van der Waals surface area contributed by atoms with Crippen LogP contribution in [0, 0.1) is 0 Å². The average molecular weight is 327 g/mol. The quantitative estimate of drug-likeness (QED) is 0.673. The van der Waals surface area contributed by atoms with Crippen LogP contribution in [0.25, 0.3) is 10.8 Å². The van der Waals surface area contributed by atoms with Gasteiger partial charge in [-0.2, -0.15) is 0 Å². The molecule has 2 aromatic carbocycles. The third-order valence-corrected chi connectivity index (χ3v) is 4.08. The first-order chi connectivity index (χ1) is 11.1. The number of rotatable bonds is 5. The van der Waals surface area contributed by atoms with E-state index in [4.69, 9.17) is 0 Å². The number of aliphatic hydroxyl groups is 1. The summed E-state index contributed by atoms with van der Waals surface area (Å²) in [6.07, 6.45) is -0.578. The molecule has 0 saturated heterocycles. The molecule has 0 aliphatic rings. The zero-order chi connectivity index (χ0) is 16.2. The zero-order valence-electron chi connectivity index (χ0n) is 12.6. The van der Waals surface area contributed by atoms with E-state index in [1.807, 2.05) is 30.3 Å². The van der Waals surface area contributed by atoms with Gasteiger partial charge in [-0.3, -0.25) is 4.79 Å². The van der Waals surface area contributed by atoms with Crippen molar-refractivity contribution < 1.29 is 9.90 Å². The Bertz CT molecular complexity index is 824. The third-order valence-electron chi connectivity index (χ3n) is 3.33. The summed E-state index contributed by atoms with van der Waals surface area (Å²) < 4.78 is 0. The first kappa shape index (κ1) is 15.5. The minimum atomic E-state index is -0.578. The van der Waals surface area contributed by atoms with E-state index >= 15 is 0 Å². The molecule has 3 aromatic rings. The van der Waals surface area contributed by atoms with Crippen LogP contribution in [0.15, 0.2) is 47.8 Å². The van der Waals surface area contributed by atoms with Crippen LogP contribution in [0.3, 0.4) is 0 Å². The number of carbonyl (C=O) groups is 1. The molecule has 1 heterocycles. The fourth-order valence-corrected chi connectivity index (χ4v) is 2.92. The lowest BCUT2D eigenvalue weighted by molar-refractivity contribution is 0.0920. The van der Waals surface area contributed by atoms with E-state index in [1.165, 1.54) is 11.3 Å². The molecular weight excluding hydrogens is 310 g/mol. The van der Waals surface area contributed by atoms with Crippen molar-refractivity contribution in [3.63, 3.8) is 0 Å². The lowest BCUT2D eigenvalue weighted by atomic mass is 10.1. The minimum absolute atomic E-state index is 0.211. The van der Waals surface area contributed by atoms with Gasteiger partial charge < -0.3 is 15.7 Å². The van der Waals surface area contributed by atoms with E-state index in [0.717, 1.165) is 16.5 Å². The first-order valence-corrected chi connectivity index (χ1v) is 8.18. The van der Waals surface area contributed by atoms with Gasteiger partial charge in [-0.25, -0.2) is 4.98 Å². The molecule has 0 radical (unpaired) electrons. The van der Waals surface area contributed by atoms with Crippen molar-refractivity contribution >= 4 is 38.8 Å².